The molecule has 122 valence electrons. The van der Waals surface area contributed by atoms with Gasteiger partial charge < -0.3 is 14.9 Å². The van der Waals surface area contributed by atoms with E-state index in [1.165, 1.54) is 0 Å². The van der Waals surface area contributed by atoms with Crippen molar-refractivity contribution in [3.05, 3.63) is 33.1 Å². The van der Waals surface area contributed by atoms with Crippen LogP contribution in [0, 0.1) is 5.92 Å². The van der Waals surface area contributed by atoms with Crippen molar-refractivity contribution in [2.75, 3.05) is 6.61 Å². The number of aliphatic hydroxyl groups is 2. The van der Waals surface area contributed by atoms with E-state index in [0.29, 0.717) is 4.57 Å². The fraction of sp³-hybridized carbons (Fsp3) is 0.636. The summed E-state index contributed by atoms with van der Waals surface area (Å²) in [7, 11) is 0. The summed E-state index contributed by atoms with van der Waals surface area (Å²) in [6.07, 6.45) is -8.75. The number of nitrogens with zero attached hydrogens (tertiary/aromatic N) is 1. The van der Waals surface area contributed by atoms with Gasteiger partial charge in [0.05, 0.1) is 6.61 Å². The molecule has 0 radical (unpaired) electrons. The lowest BCUT2D eigenvalue weighted by atomic mass is 10.1. The predicted molar refractivity (Wildman–Crippen MR) is 61.7 cm³/mol. The number of aromatic nitrogens is 2. The molecule has 2 aliphatic rings. The van der Waals surface area contributed by atoms with E-state index in [9.17, 15) is 27.9 Å². The van der Waals surface area contributed by atoms with Gasteiger partial charge in [0.2, 0.25) is 0 Å². The fourth-order valence-corrected chi connectivity index (χ4v) is 2.84. The highest BCUT2D eigenvalue weighted by atomic mass is 19.4. The van der Waals surface area contributed by atoms with Gasteiger partial charge >= 0.3 is 12.1 Å². The zero-order valence-corrected chi connectivity index (χ0v) is 10.8. The second-order valence-corrected chi connectivity index (χ2v) is 5.13. The van der Waals surface area contributed by atoms with E-state index in [1.807, 2.05) is 4.98 Å². The Bertz CT molecular complexity index is 700. The van der Waals surface area contributed by atoms with Gasteiger partial charge in [-0.05, 0) is 0 Å². The Morgan fingerprint density at radius 2 is 2.14 bits per heavy atom. The molecular formula is C11H11F3N2O6. The lowest BCUT2D eigenvalue weighted by molar-refractivity contribution is -0.363. The number of rotatable bonds is 3. The van der Waals surface area contributed by atoms with Crippen LogP contribution in [0.1, 0.15) is 6.23 Å². The molecule has 3 N–H and O–H groups in total. The van der Waals surface area contributed by atoms with E-state index in [4.69, 9.17) is 9.84 Å². The SMILES string of the molecule is O=c1ccn([C@@H]2OC3[C@H](CO)C3(O)[C@H]2OC(F)(F)F)c(=O)[nH]1. The lowest BCUT2D eigenvalue weighted by Crippen LogP contribution is -2.45. The van der Waals surface area contributed by atoms with Crippen LogP contribution in [0.25, 0.3) is 0 Å². The molecule has 2 heterocycles. The van der Waals surface area contributed by atoms with Crippen molar-refractivity contribution < 1.29 is 32.9 Å². The van der Waals surface area contributed by atoms with Gasteiger partial charge in [-0.15, -0.1) is 13.2 Å². The van der Waals surface area contributed by atoms with E-state index in [0.717, 1.165) is 12.3 Å². The number of ether oxygens (including phenoxy) is 2. The van der Waals surface area contributed by atoms with Crippen molar-refractivity contribution in [2.45, 2.75) is 30.4 Å². The van der Waals surface area contributed by atoms with Crippen LogP contribution in [-0.2, 0) is 9.47 Å². The fourth-order valence-electron chi connectivity index (χ4n) is 2.84. The van der Waals surface area contributed by atoms with Crippen molar-refractivity contribution in [1.82, 2.24) is 9.55 Å². The number of aromatic amines is 1. The molecule has 22 heavy (non-hydrogen) atoms. The van der Waals surface area contributed by atoms with Gasteiger partial charge in [-0.1, -0.05) is 0 Å². The van der Waals surface area contributed by atoms with Crippen LogP contribution in [0.2, 0.25) is 0 Å². The number of fused-ring (bicyclic) bond motifs is 1. The first-order chi connectivity index (χ1) is 10.2. The number of nitrogens with one attached hydrogen (secondary N) is 1. The number of alkyl halides is 3. The molecule has 0 bridgehead atoms. The van der Waals surface area contributed by atoms with Gasteiger partial charge in [0.15, 0.2) is 6.23 Å². The predicted octanol–water partition coefficient (Wildman–Crippen LogP) is -1.31. The Morgan fingerprint density at radius 1 is 1.45 bits per heavy atom. The average molecular weight is 324 g/mol. The number of aliphatic hydroxyl groups excluding tert-OH is 1. The molecule has 11 heteroatoms. The Kier molecular flexibility index (Phi) is 3.22. The minimum atomic E-state index is -5.08. The molecule has 1 aromatic rings. The minimum Gasteiger partial charge on any atom is -0.396 e. The highest BCUT2D eigenvalue weighted by Crippen LogP contribution is 2.59. The summed E-state index contributed by atoms with van der Waals surface area (Å²) in [5.41, 5.74) is -3.78. The van der Waals surface area contributed by atoms with Crippen molar-refractivity contribution in [3.63, 3.8) is 0 Å². The number of H-pyrrole nitrogens is 1. The van der Waals surface area contributed by atoms with Gasteiger partial charge in [0.1, 0.15) is 17.8 Å². The van der Waals surface area contributed by atoms with Crippen LogP contribution in [0.4, 0.5) is 13.2 Å². The summed E-state index contributed by atoms with van der Waals surface area (Å²) in [4.78, 5) is 24.5. The van der Waals surface area contributed by atoms with Crippen molar-refractivity contribution in [2.24, 2.45) is 5.92 Å². The van der Waals surface area contributed by atoms with E-state index >= 15 is 0 Å². The molecule has 0 aromatic carbocycles. The number of halogens is 3. The molecular weight excluding hydrogens is 313 g/mol. The van der Waals surface area contributed by atoms with E-state index in [1.54, 1.807) is 0 Å². The third-order valence-electron chi connectivity index (χ3n) is 3.89. The van der Waals surface area contributed by atoms with Crippen LogP contribution in [0.3, 0.4) is 0 Å². The van der Waals surface area contributed by atoms with E-state index in [-0.39, 0.29) is 0 Å². The van der Waals surface area contributed by atoms with Gasteiger partial charge in [-0.3, -0.25) is 19.1 Å². The van der Waals surface area contributed by atoms with Gasteiger partial charge in [-0.2, -0.15) is 0 Å². The third-order valence-corrected chi connectivity index (χ3v) is 3.89. The monoisotopic (exact) mass is 324 g/mol. The standard InChI is InChI=1S/C11H11F3N2O6/c12-11(13,14)22-7-8(16-2-1-5(18)15-9(16)19)21-6-4(3-17)10(6,7)20/h1-2,4,6-8,17,20H,3H2,(H,15,18,19)/t4-,6?,7-,8+,10?/m0/s1. The molecule has 1 saturated carbocycles. The lowest BCUT2D eigenvalue weighted by Gasteiger charge is -2.28. The molecule has 2 fully saturated rings. The summed E-state index contributed by atoms with van der Waals surface area (Å²) >= 11 is 0. The molecule has 2 unspecified atom stereocenters. The molecule has 8 nitrogen and oxygen atoms in total. The Morgan fingerprint density at radius 3 is 2.68 bits per heavy atom. The van der Waals surface area contributed by atoms with E-state index < -0.39 is 54.2 Å². The first-order valence-electron chi connectivity index (χ1n) is 6.23. The number of hydrogen-bond donors (Lipinski definition) is 3. The molecule has 1 aliphatic carbocycles. The highest BCUT2D eigenvalue weighted by molar-refractivity contribution is 5.23. The minimum absolute atomic E-state index is 0.591. The maximum Gasteiger partial charge on any atom is 0.523 e. The molecule has 1 aromatic heterocycles. The Hall–Kier alpha value is -1.69. The van der Waals surface area contributed by atoms with Crippen LogP contribution >= 0.6 is 0 Å². The normalized spacial score (nSPS) is 37.1. The first kappa shape index (κ1) is 15.2. The van der Waals surface area contributed by atoms with Crippen LogP contribution in [-0.4, -0.2) is 50.5 Å². The smallest absolute Gasteiger partial charge is 0.396 e. The van der Waals surface area contributed by atoms with Gasteiger partial charge in [0.25, 0.3) is 5.56 Å². The van der Waals surface area contributed by atoms with Crippen molar-refractivity contribution in [1.29, 1.82) is 0 Å². The van der Waals surface area contributed by atoms with Crippen LogP contribution in [0.5, 0.6) is 0 Å². The molecule has 1 saturated heterocycles. The zero-order valence-electron chi connectivity index (χ0n) is 10.8. The molecule has 1 aliphatic heterocycles. The van der Waals surface area contributed by atoms with Crippen molar-refractivity contribution in [3.8, 4) is 0 Å². The topological polar surface area (TPSA) is 114 Å². The zero-order chi connectivity index (χ0) is 16.3. The second-order valence-electron chi connectivity index (χ2n) is 5.13. The molecule has 0 amide bonds. The van der Waals surface area contributed by atoms with E-state index in [2.05, 4.69) is 4.74 Å². The Labute approximate surface area is 119 Å². The molecule has 5 atom stereocenters. The average Bonchev–Trinajstić information content (AvgIpc) is 2.87. The summed E-state index contributed by atoms with van der Waals surface area (Å²) in [6.45, 7) is -0.591. The maximum absolute atomic E-state index is 12.6. The molecule has 3 rings (SSSR count). The first-order valence-corrected chi connectivity index (χ1v) is 6.23. The summed E-state index contributed by atoms with van der Waals surface area (Å²) in [6, 6.07) is 0.924. The Balaban J connectivity index is 1.98. The summed E-state index contributed by atoms with van der Waals surface area (Å²) in [5.74, 6) is -0.936. The molecule has 0 spiro atoms. The largest absolute Gasteiger partial charge is 0.523 e. The van der Waals surface area contributed by atoms with Gasteiger partial charge in [-0.25, -0.2) is 4.79 Å². The third kappa shape index (κ3) is 2.17. The maximum atomic E-state index is 12.6. The highest BCUT2D eigenvalue weighted by Gasteiger charge is 2.78. The van der Waals surface area contributed by atoms with Crippen molar-refractivity contribution >= 4 is 0 Å². The summed E-state index contributed by atoms with van der Waals surface area (Å²) in [5, 5.41) is 19.3. The quantitative estimate of drug-likeness (QED) is 0.636. The van der Waals surface area contributed by atoms with Gasteiger partial charge in [0, 0.05) is 18.2 Å². The summed E-state index contributed by atoms with van der Waals surface area (Å²) < 4.78 is 47.5. The van der Waals surface area contributed by atoms with Crippen LogP contribution in [0.15, 0.2) is 21.9 Å². The van der Waals surface area contributed by atoms with Crippen LogP contribution < -0.4 is 11.2 Å². The second kappa shape index (κ2) is 4.65. The number of hydrogen-bond acceptors (Lipinski definition) is 6.